The van der Waals surface area contributed by atoms with Crippen molar-refractivity contribution in [3.63, 3.8) is 0 Å². The van der Waals surface area contributed by atoms with Crippen molar-refractivity contribution in [2.24, 2.45) is 5.73 Å². The predicted octanol–water partition coefficient (Wildman–Crippen LogP) is 3.16. The Balaban J connectivity index is 2.09. The number of rotatable bonds is 2. The summed E-state index contributed by atoms with van der Waals surface area (Å²) in [5, 5.41) is 0. The van der Waals surface area contributed by atoms with Crippen LogP contribution in [-0.2, 0) is 5.41 Å². The van der Waals surface area contributed by atoms with Gasteiger partial charge in [0.2, 0.25) is 0 Å². The van der Waals surface area contributed by atoms with Gasteiger partial charge in [0.25, 0.3) is 0 Å². The summed E-state index contributed by atoms with van der Waals surface area (Å²) in [5.74, 6) is 1.01. The Kier molecular flexibility index (Phi) is 3.17. The van der Waals surface area contributed by atoms with Crippen molar-refractivity contribution in [3.8, 4) is 5.75 Å². The normalized spacial score (nSPS) is 24.3. The van der Waals surface area contributed by atoms with Crippen LogP contribution in [0.2, 0.25) is 0 Å². The van der Waals surface area contributed by atoms with Crippen LogP contribution < -0.4 is 10.5 Å². The Hall–Kier alpha value is -1.02. The molecule has 1 aromatic rings. The summed E-state index contributed by atoms with van der Waals surface area (Å²) < 4.78 is 5.94. The maximum absolute atomic E-state index is 5.94. The maximum Gasteiger partial charge on any atom is 0.122 e. The number of ether oxygens (including phenoxy) is 1. The molecule has 2 rings (SSSR count). The van der Waals surface area contributed by atoms with Crippen LogP contribution in [-0.4, -0.2) is 12.1 Å². The van der Waals surface area contributed by atoms with E-state index in [-0.39, 0.29) is 5.41 Å². The monoisotopic (exact) mass is 233 g/mol. The van der Waals surface area contributed by atoms with Crippen molar-refractivity contribution in [3.05, 3.63) is 29.3 Å². The van der Waals surface area contributed by atoms with Gasteiger partial charge in [-0.25, -0.2) is 0 Å². The Morgan fingerprint density at radius 2 is 1.88 bits per heavy atom. The van der Waals surface area contributed by atoms with Crippen molar-refractivity contribution in [1.29, 1.82) is 0 Å². The third-order valence-corrected chi connectivity index (χ3v) is 3.47. The van der Waals surface area contributed by atoms with Crippen LogP contribution in [0.3, 0.4) is 0 Å². The van der Waals surface area contributed by atoms with Crippen molar-refractivity contribution in [2.45, 2.75) is 58.1 Å². The SMILES string of the molecule is Cc1cc(C(C)(C)C)ccc1OC1CC(N)C1. The second-order valence-electron chi connectivity index (χ2n) is 6.20. The van der Waals surface area contributed by atoms with Gasteiger partial charge in [0.1, 0.15) is 11.9 Å². The van der Waals surface area contributed by atoms with Crippen LogP contribution in [0.25, 0.3) is 0 Å². The quantitative estimate of drug-likeness (QED) is 0.851. The molecule has 0 radical (unpaired) electrons. The average molecular weight is 233 g/mol. The van der Waals surface area contributed by atoms with Crippen molar-refractivity contribution >= 4 is 0 Å². The first-order valence-corrected chi connectivity index (χ1v) is 6.39. The van der Waals surface area contributed by atoms with Gasteiger partial charge in [-0.1, -0.05) is 32.9 Å². The largest absolute Gasteiger partial charge is 0.490 e. The van der Waals surface area contributed by atoms with Gasteiger partial charge in [-0.2, -0.15) is 0 Å². The van der Waals surface area contributed by atoms with Gasteiger partial charge in [0, 0.05) is 6.04 Å². The lowest BCUT2D eigenvalue weighted by Crippen LogP contribution is -2.43. The Morgan fingerprint density at radius 3 is 2.35 bits per heavy atom. The van der Waals surface area contributed by atoms with Crippen LogP contribution >= 0.6 is 0 Å². The summed E-state index contributed by atoms with van der Waals surface area (Å²) in [4.78, 5) is 0. The second-order valence-corrected chi connectivity index (χ2v) is 6.20. The van der Waals surface area contributed by atoms with Crippen molar-refractivity contribution in [2.75, 3.05) is 0 Å². The number of aryl methyl sites for hydroxylation is 1. The average Bonchev–Trinajstić information content (AvgIpc) is 2.16. The first-order chi connectivity index (χ1) is 7.86. The molecule has 1 aliphatic rings. The molecule has 2 heteroatoms. The summed E-state index contributed by atoms with van der Waals surface area (Å²) in [7, 11) is 0. The summed E-state index contributed by atoms with van der Waals surface area (Å²) in [6.07, 6.45) is 2.30. The van der Waals surface area contributed by atoms with E-state index in [1.165, 1.54) is 11.1 Å². The molecular weight excluding hydrogens is 210 g/mol. The topological polar surface area (TPSA) is 35.2 Å². The van der Waals surface area contributed by atoms with Crippen LogP contribution in [0.1, 0.15) is 44.7 Å². The number of hydrogen-bond donors (Lipinski definition) is 1. The molecule has 2 N–H and O–H groups in total. The Bertz CT molecular complexity index is 400. The van der Waals surface area contributed by atoms with Gasteiger partial charge in [-0.15, -0.1) is 0 Å². The molecule has 0 aliphatic heterocycles. The fourth-order valence-electron chi connectivity index (χ4n) is 2.13. The van der Waals surface area contributed by atoms with Crippen molar-refractivity contribution < 1.29 is 4.74 Å². The first kappa shape index (κ1) is 12.4. The van der Waals surface area contributed by atoms with Crippen LogP contribution in [0.5, 0.6) is 5.75 Å². The summed E-state index contributed by atoms with van der Waals surface area (Å²) in [6.45, 7) is 8.80. The summed E-state index contributed by atoms with van der Waals surface area (Å²) >= 11 is 0. The molecular formula is C15H23NO. The predicted molar refractivity (Wildman–Crippen MR) is 71.5 cm³/mol. The van der Waals surface area contributed by atoms with E-state index in [0.717, 1.165) is 18.6 Å². The molecule has 1 saturated carbocycles. The molecule has 1 fully saturated rings. The standard InChI is InChI=1S/C15H23NO/c1-10-7-11(15(2,3)4)5-6-14(10)17-13-8-12(16)9-13/h5-7,12-13H,8-9,16H2,1-4H3. The van der Waals surface area contributed by atoms with E-state index in [4.69, 9.17) is 10.5 Å². The molecule has 1 aliphatic carbocycles. The number of nitrogens with two attached hydrogens (primary N) is 1. The lowest BCUT2D eigenvalue weighted by Gasteiger charge is -2.33. The highest BCUT2D eigenvalue weighted by atomic mass is 16.5. The number of hydrogen-bond acceptors (Lipinski definition) is 2. The fourth-order valence-corrected chi connectivity index (χ4v) is 2.13. The molecule has 0 atom stereocenters. The molecule has 17 heavy (non-hydrogen) atoms. The zero-order chi connectivity index (χ0) is 12.6. The molecule has 0 saturated heterocycles. The first-order valence-electron chi connectivity index (χ1n) is 6.39. The molecule has 0 aromatic heterocycles. The zero-order valence-electron chi connectivity index (χ0n) is 11.3. The van der Waals surface area contributed by atoms with Gasteiger partial charge in [0.05, 0.1) is 0 Å². The van der Waals surface area contributed by atoms with Gasteiger partial charge < -0.3 is 10.5 Å². The van der Waals surface area contributed by atoms with E-state index in [9.17, 15) is 0 Å². The van der Waals surface area contributed by atoms with E-state index in [1.54, 1.807) is 0 Å². The zero-order valence-corrected chi connectivity index (χ0v) is 11.3. The molecule has 1 aromatic carbocycles. The van der Waals surface area contributed by atoms with Gasteiger partial charge in [-0.05, 0) is 42.4 Å². The molecule has 0 spiro atoms. The highest BCUT2D eigenvalue weighted by molar-refractivity contribution is 5.39. The van der Waals surface area contributed by atoms with E-state index in [2.05, 4.69) is 45.9 Å². The van der Waals surface area contributed by atoms with E-state index < -0.39 is 0 Å². The van der Waals surface area contributed by atoms with Crippen molar-refractivity contribution in [1.82, 2.24) is 0 Å². The Labute approximate surface area is 104 Å². The number of benzene rings is 1. The van der Waals surface area contributed by atoms with Crippen LogP contribution in [0, 0.1) is 6.92 Å². The molecule has 0 unspecified atom stereocenters. The lowest BCUT2D eigenvalue weighted by atomic mass is 9.86. The second kappa shape index (κ2) is 4.34. The molecule has 0 heterocycles. The van der Waals surface area contributed by atoms with Crippen LogP contribution in [0.15, 0.2) is 18.2 Å². The molecule has 0 bridgehead atoms. The maximum atomic E-state index is 5.94. The molecule has 2 nitrogen and oxygen atoms in total. The van der Waals surface area contributed by atoms with E-state index >= 15 is 0 Å². The minimum atomic E-state index is 0.197. The lowest BCUT2D eigenvalue weighted by molar-refractivity contribution is 0.100. The minimum absolute atomic E-state index is 0.197. The highest BCUT2D eigenvalue weighted by Crippen LogP contribution is 2.30. The van der Waals surface area contributed by atoms with Gasteiger partial charge in [0.15, 0.2) is 0 Å². The molecule has 0 amide bonds. The molecule has 94 valence electrons. The van der Waals surface area contributed by atoms with E-state index in [0.29, 0.717) is 12.1 Å². The van der Waals surface area contributed by atoms with E-state index in [1.807, 2.05) is 0 Å². The summed E-state index contributed by atoms with van der Waals surface area (Å²) in [6, 6.07) is 6.84. The minimum Gasteiger partial charge on any atom is -0.490 e. The smallest absolute Gasteiger partial charge is 0.122 e. The fraction of sp³-hybridized carbons (Fsp3) is 0.600. The third-order valence-electron chi connectivity index (χ3n) is 3.47. The summed E-state index contributed by atoms with van der Waals surface area (Å²) in [5.41, 5.74) is 8.53. The van der Waals surface area contributed by atoms with Gasteiger partial charge in [-0.3, -0.25) is 0 Å². The van der Waals surface area contributed by atoms with Crippen LogP contribution in [0.4, 0.5) is 0 Å². The highest BCUT2D eigenvalue weighted by Gasteiger charge is 2.28. The Morgan fingerprint density at radius 1 is 1.24 bits per heavy atom. The third kappa shape index (κ3) is 2.81. The van der Waals surface area contributed by atoms with Gasteiger partial charge >= 0.3 is 0 Å².